The van der Waals surface area contributed by atoms with Crippen molar-refractivity contribution in [3.8, 4) is 0 Å². The van der Waals surface area contributed by atoms with Gasteiger partial charge in [0.15, 0.2) is 5.96 Å². The third-order valence-electron chi connectivity index (χ3n) is 3.18. The number of rotatable bonds is 5. The lowest BCUT2D eigenvalue weighted by atomic mass is 10.0. The van der Waals surface area contributed by atoms with E-state index < -0.39 is 5.60 Å². The highest BCUT2D eigenvalue weighted by Crippen LogP contribution is 2.22. The summed E-state index contributed by atoms with van der Waals surface area (Å²) < 4.78 is 6.59. The van der Waals surface area contributed by atoms with Gasteiger partial charge in [-0.05, 0) is 58.9 Å². The first kappa shape index (κ1) is 17.1. The lowest BCUT2D eigenvalue weighted by molar-refractivity contribution is 0.0378. The van der Waals surface area contributed by atoms with Crippen molar-refractivity contribution in [1.29, 1.82) is 0 Å². The minimum absolute atomic E-state index is 0.299. The standard InChI is InChI=1S/C15H20BrN3O2S/c1-10-4-5-12(21-10)15(2,20)9-19-14(17-3)18-7-11-6-13(16)22-8-11/h4-6,8,20H,7,9H2,1-3H3,(H2,17,18,19). The molecule has 0 amide bonds. The van der Waals surface area contributed by atoms with Crippen LogP contribution in [0.4, 0.5) is 0 Å². The topological polar surface area (TPSA) is 69.8 Å². The first-order chi connectivity index (χ1) is 10.4. The Bertz CT molecular complexity index is 649. The van der Waals surface area contributed by atoms with Crippen LogP contribution in [0.2, 0.25) is 0 Å². The van der Waals surface area contributed by atoms with Crippen LogP contribution in [0.3, 0.4) is 0 Å². The highest BCUT2D eigenvalue weighted by Gasteiger charge is 2.27. The molecule has 120 valence electrons. The highest BCUT2D eigenvalue weighted by atomic mass is 79.9. The van der Waals surface area contributed by atoms with Gasteiger partial charge in [0, 0.05) is 13.6 Å². The summed E-state index contributed by atoms with van der Waals surface area (Å²) >= 11 is 5.09. The van der Waals surface area contributed by atoms with Crippen LogP contribution in [0.1, 0.15) is 24.0 Å². The van der Waals surface area contributed by atoms with Crippen LogP contribution >= 0.6 is 27.3 Å². The molecule has 0 saturated carbocycles. The lowest BCUT2D eigenvalue weighted by Gasteiger charge is -2.22. The molecule has 2 heterocycles. The number of furan rings is 1. The maximum atomic E-state index is 10.5. The van der Waals surface area contributed by atoms with Gasteiger partial charge in [0.25, 0.3) is 0 Å². The molecule has 0 spiro atoms. The highest BCUT2D eigenvalue weighted by molar-refractivity contribution is 9.11. The number of hydrogen-bond acceptors (Lipinski definition) is 4. The van der Waals surface area contributed by atoms with Crippen molar-refractivity contribution < 1.29 is 9.52 Å². The molecule has 2 aromatic rings. The molecule has 1 unspecified atom stereocenters. The summed E-state index contributed by atoms with van der Waals surface area (Å²) in [6, 6.07) is 5.69. The number of aliphatic hydroxyl groups is 1. The van der Waals surface area contributed by atoms with Gasteiger partial charge in [-0.25, -0.2) is 0 Å². The summed E-state index contributed by atoms with van der Waals surface area (Å²) in [5, 5.41) is 18.9. The Morgan fingerprint density at radius 2 is 2.23 bits per heavy atom. The summed E-state index contributed by atoms with van der Waals surface area (Å²) in [7, 11) is 1.70. The van der Waals surface area contributed by atoms with Gasteiger partial charge < -0.3 is 20.2 Å². The first-order valence-electron chi connectivity index (χ1n) is 6.87. The minimum Gasteiger partial charge on any atom is -0.463 e. The largest absolute Gasteiger partial charge is 0.463 e. The fraction of sp³-hybridized carbons (Fsp3) is 0.400. The number of aryl methyl sites for hydroxylation is 1. The van der Waals surface area contributed by atoms with Crippen molar-refractivity contribution in [3.05, 3.63) is 44.4 Å². The van der Waals surface area contributed by atoms with Gasteiger partial charge in [0.1, 0.15) is 17.1 Å². The van der Waals surface area contributed by atoms with E-state index in [0.29, 0.717) is 24.8 Å². The zero-order valence-electron chi connectivity index (χ0n) is 12.8. The first-order valence-corrected chi connectivity index (χ1v) is 8.55. The van der Waals surface area contributed by atoms with Crippen molar-refractivity contribution in [2.75, 3.05) is 13.6 Å². The number of nitrogens with zero attached hydrogens (tertiary/aromatic N) is 1. The molecule has 1 atom stereocenters. The fourth-order valence-electron chi connectivity index (χ4n) is 1.91. The van der Waals surface area contributed by atoms with Crippen molar-refractivity contribution in [2.45, 2.75) is 26.0 Å². The van der Waals surface area contributed by atoms with E-state index in [9.17, 15) is 5.11 Å². The monoisotopic (exact) mass is 385 g/mol. The van der Waals surface area contributed by atoms with E-state index in [2.05, 4.69) is 43.0 Å². The Morgan fingerprint density at radius 3 is 2.77 bits per heavy atom. The lowest BCUT2D eigenvalue weighted by Crippen LogP contribution is -2.44. The van der Waals surface area contributed by atoms with E-state index >= 15 is 0 Å². The van der Waals surface area contributed by atoms with E-state index in [4.69, 9.17) is 4.42 Å². The van der Waals surface area contributed by atoms with Gasteiger partial charge in [-0.3, -0.25) is 4.99 Å². The van der Waals surface area contributed by atoms with E-state index in [0.717, 1.165) is 9.55 Å². The summed E-state index contributed by atoms with van der Waals surface area (Å²) in [6.45, 7) is 4.53. The second kappa shape index (κ2) is 7.30. The van der Waals surface area contributed by atoms with Gasteiger partial charge in [0.05, 0.1) is 10.3 Å². The number of aliphatic imine (C=N–C) groups is 1. The number of nitrogens with one attached hydrogen (secondary N) is 2. The van der Waals surface area contributed by atoms with Crippen molar-refractivity contribution in [3.63, 3.8) is 0 Å². The summed E-state index contributed by atoms with van der Waals surface area (Å²) in [5.74, 6) is 1.95. The zero-order valence-corrected chi connectivity index (χ0v) is 15.2. The third kappa shape index (κ3) is 4.59. The van der Waals surface area contributed by atoms with Crippen LogP contribution in [-0.4, -0.2) is 24.7 Å². The van der Waals surface area contributed by atoms with Crippen LogP contribution in [0.25, 0.3) is 0 Å². The molecule has 0 aromatic carbocycles. The summed E-state index contributed by atoms with van der Waals surface area (Å²) in [6.07, 6.45) is 0. The molecule has 0 aliphatic carbocycles. The Kier molecular flexibility index (Phi) is 5.66. The normalized spacial score (nSPS) is 14.7. The molecule has 2 aromatic heterocycles. The van der Waals surface area contributed by atoms with Crippen LogP contribution in [-0.2, 0) is 12.1 Å². The van der Waals surface area contributed by atoms with Crippen LogP contribution in [0.15, 0.2) is 36.8 Å². The summed E-state index contributed by atoms with van der Waals surface area (Å²) in [5.41, 5.74) is 0.0744. The molecule has 3 N–H and O–H groups in total. The second-order valence-corrected chi connectivity index (χ2v) is 7.51. The Hall–Kier alpha value is -1.31. The molecular weight excluding hydrogens is 366 g/mol. The van der Waals surface area contributed by atoms with Crippen molar-refractivity contribution in [2.24, 2.45) is 4.99 Å². The van der Waals surface area contributed by atoms with E-state index in [1.165, 1.54) is 5.56 Å². The quantitative estimate of drug-likeness (QED) is 0.546. The molecule has 0 saturated heterocycles. The SMILES string of the molecule is CN=C(NCc1csc(Br)c1)NCC(C)(O)c1ccc(C)o1. The molecule has 7 heteroatoms. The van der Waals surface area contributed by atoms with Gasteiger partial charge >= 0.3 is 0 Å². The predicted molar refractivity (Wildman–Crippen MR) is 93.2 cm³/mol. The summed E-state index contributed by atoms with van der Waals surface area (Å²) in [4.78, 5) is 4.16. The Labute approximate surface area is 142 Å². The van der Waals surface area contributed by atoms with Crippen LogP contribution in [0.5, 0.6) is 0 Å². The van der Waals surface area contributed by atoms with E-state index in [1.54, 1.807) is 31.4 Å². The third-order valence-corrected chi connectivity index (χ3v) is 4.73. The van der Waals surface area contributed by atoms with Crippen molar-refractivity contribution in [1.82, 2.24) is 10.6 Å². The maximum Gasteiger partial charge on any atom is 0.191 e. The molecule has 0 aliphatic heterocycles. The van der Waals surface area contributed by atoms with Crippen LogP contribution < -0.4 is 10.6 Å². The average molecular weight is 386 g/mol. The molecule has 22 heavy (non-hydrogen) atoms. The van der Waals surface area contributed by atoms with Gasteiger partial charge in [-0.15, -0.1) is 11.3 Å². The van der Waals surface area contributed by atoms with E-state index in [1.807, 2.05) is 13.0 Å². The number of guanidine groups is 1. The molecule has 0 bridgehead atoms. The Morgan fingerprint density at radius 1 is 1.45 bits per heavy atom. The molecule has 0 radical (unpaired) electrons. The number of hydrogen-bond donors (Lipinski definition) is 3. The molecule has 0 fully saturated rings. The Balaban J connectivity index is 1.88. The van der Waals surface area contributed by atoms with Crippen molar-refractivity contribution >= 4 is 33.2 Å². The van der Waals surface area contributed by atoms with Gasteiger partial charge in [-0.2, -0.15) is 0 Å². The second-order valence-electron chi connectivity index (χ2n) is 5.22. The fourth-order valence-corrected chi connectivity index (χ4v) is 3.12. The van der Waals surface area contributed by atoms with Gasteiger partial charge in [-0.1, -0.05) is 0 Å². The van der Waals surface area contributed by atoms with Crippen LogP contribution in [0, 0.1) is 6.92 Å². The average Bonchev–Trinajstić information content (AvgIpc) is 3.08. The molecular formula is C15H20BrN3O2S. The van der Waals surface area contributed by atoms with E-state index in [-0.39, 0.29) is 0 Å². The predicted octanol–water partition coefficient (Wildman–Crippen LogP) is 2.98. The molecule has 0 aliphatic rings. The molecule has 5 nitrogen and oxygen atoms in total. The molecule has 2 rings (SSSR count). The minimum atomic E-state index is -1.10. The van der Waals surface area contributed by atoms with Gasteiger partial charge in [0.2, 0.25) is 0 Å². The maximum absolute atomic E-state index is 10.5. The number of thiophene rings is 1. The smallest absolute Gasteiger partial charge is 0.191 e. The zero-order chi connectivity index (χ0) is 16.2. The number of halogens is 1.